The molecule has 0 saturated heterocycles. The highest BCUT2D eigenvalue weighted by Gasteiger charge is 1.87. The fourth-order valence-electron chi connectivity index (χ4n) is 0.243. The van der Waals surface area contributed by atoms with E-state index in [1.54, 1.807) is 6.92 Å². The zero-order valence-corrected chi connectivity index (χ0v) is 4.47. The van der Waals surface area contributed by atoms with Crippen molar-refractivity contribution in [3.63, 3.8) is 0 Å². The van der Waals surface area contributed by atoms with Gasteiger partial charge in [-0.2, -0.15) is 0 Å². The highest BCUT2D eigenvalue weighted by atomic mass is 16.2. The summed E-state index contributed by atoms with van der Waals surface area (Å²) < 4.78 is 0. The Morgan fingerprint density at radius 1 is 1.75 bits per heavy atom. The van der Waals surface area contributed by atoms with Gasteiger partial charge in [0.2, 0.25) is 0 Å². The Balaban J connectivity index is 3.48. The van der Waals surface area contributed by atoms with Gasteiger partial charge in [0.25, 0.3) is 5.91 Å². The topological polar surface area (TPSA) is 46.2 Å². The standard InChI is InChI=1S/C5H6NO2/c1-2-3-5(8)6-4-7/h2-3H,1H3,(H,6,7,8)/b3-2+. The third-order valence-electron chi connectivity index (χ3n) is 0.492. The van der Waals surface area contributed by atoms with E-state index in [-0.39, 0.29) is 0 Å². The number of allylic oxidation sites excluding steroid dienone is 1. The van der Waals surface area contributed by atoms with Gasteiger partial charge in [0.05, 0.1) is 0 Å². The number of carbonyl (C=O) groups is 1. The zero-order chi connectivity index (χ0) is 6.41. The van der Waals surface area contributed by atoms with Crippen molar-refractivity contribution in [3.8, 4) is 0 Å². The molecule has 0 aromatic rings. The molecule has 43 valence electrons. The first kappa shape index (κ1) is 6.88. The lowest BCUT2D eigenvalue weighted by Gasteiger charge is -1.81. The van der Waals surface area contributed by atoms with Gasteiger partial charge in [0.15, 0.2) is 0 Å². The van der Waals surface area contributed by atoms with Crippen molar-refractivity contribution in [1.29, 1.82) is 0 Å². The van der Waals surface area contributed by atoms with E-state index in [2.05, 4.69) is 0 Å². The summed E-state index contributed by atoms with van der Waals surface area (Å²) in [4.78, 5) is 19.6. The Kier molecular flexibility index (Phi) is 3.48. The van der Waals surface area contributed by atoms with Crippen molar-refractivity contribution in [2.45, 2.75) is 6.92 Å². The number of imide groups is 1. The molecule has 0 aliphatic carbocycles. The van der Waals surface area contributed by atoms with Gasteiger partial charge in [-0.3, -0.25) is 14.9 Å². The molecule has 8 heavy (non-hydrogen) atoms. The van der Waals surface area contributed by atoms with Crippen LogP contribution in [0.4, 0.5) is 0 Å². The smallest absolute Gasteiger partial charge is 0.284 e. The maximum Gasteiger partial charge on any atom is 0.316 e. The molecular weight excluding hydrogens is 106 g/mol. The van der Waals surface area contributed by atoms with Gasteiger partial charge >= 0.3 is 6.41 Å². The van der Waals surface area contributed by atoms with E-state index in [1.807, 2.05) is 5.32 Å². The van der Waals surface area contributed by atoms with Crippen LogP contribution < -0.4 is 5.32 Å². The number of nitrogens with one attached hydrogen (secondary N) is 1. The van der Waals surface area contributed by atoms with Crippen molar-refractivity contribution in [1.82, 2.24) is 5.32 Å². The van der Waals surface area contributed by atoms with Crippen LogP contribution in [0.5, 0.6) is 0 Å². The second-order valence-corrected chi connectivity index (χ2v) is 1.09. The fraction of sp³-hybridized carbons (Fsp3) is 0.200. The maximum absolute atomic E-state index is 10.2. The van der Waals surface area contributed by atoms with Crippen LogP contribution in [-0.2, 0) is 9.59 Å². The molecule has 0 unspecified atom stereocenters. The van der Waals surface area contributed by atoms with E-state index < -0.39 is 5.91 Å². The van der Waals surface area contributed by atoms with Crippen molar-refractivity contribution in [2.24, 2.45) is 0 Å². The largest absolute Gasteiger partial charge is 0.316 e. The molecular formula is C5H6NO2. The number of hydrogen-bond donors (Lipinski definition) is 1. The zero-order valence-electron chi connectivity index (χ0n) is 4.47. The molecule has 0 aromatic heterocycles. The van der Waals surface area contributed by atoms with Crippen LogP contribution in [0.2, 0.25) is 0 Å². The van der Waals surface area contributed by atoms with Crippen molar-refractivity contribution < 1.29 is 9.59 Å². The molecule has 1 N–H and O–H groups in total. The van der Waals surface area contributed by atoms with Crippen LogP contribution in [0, 0.1) is 0 Å². The number of carbonyl (C=O) groups excluding carboxylic acids is 2. The first-order valence-electron chi connectivity index (χ1n) is 2.11. The monoisotopic (exact) mass is 112 g/mol. The number of amides is 2. The molecule has 0 fully saturated rings. The van der Waals surface area contributed by atoms with Crippen LogP contribution in [-0.4, -0.2) is 12.3 Å². The minimum Gasteiger partial charge on any atom is -0.284 e. The molecule has 3 nitrogen and oxygen atoms in total. The first-order valence-corrected chi connectivity index (χ1v) is 2.11. The minimum atomic E-state index is -0.442. The molecule has 0 atom stereocenters. The van der Waals surface area contributed by atoms with Gasteiger partial charge in [-0.25, -0.2) is 0 Å². The van der Waals surface area contributed by atoms with Crippen LogP contribution in [0.1, 0.15) is 6.92 Å². The number of rotatable bonds is 2. The van der Waals surface area contributed by atoms with Crippen molar-refractivity contribution >= 4 is 12.3 Å². The van der Waals surface area contributed by atoms with Gasteiger partial charge < -0.3 is 0 Å². The van der Waals surface area contributed by atoms with E-state index in [0.29, 0.717) is 0 Å². The second kappa shape index (κ2) is 4.05. The highest BCUT2D eigenvalue weighted by Crippen LogP contribution is 1.66. The lowest BCUT2D eigenvalue weighted by atomic mass is 10.5. The van der Waals surface area contributed by atoms with Crippen molar-refractivity contribution in [3.05, 3.63) is 12.2 Å². The van der Waals surface area contributed by atoms with E-state index in [1.165, 1.54) is 18.6 Å². The predicted molar refractivity (Wildman–Crippen MR) is 28.7 cm³/mol. The third-order valence-corrected chi connectivity index (χ3v) is 0.492. The predicted octanol–water partition coefficient (Wildman–Crippen LogP) is -0.254. The molecule has 0 spiro atoms. The van der Waals surface area contributed by atoms with Gasteiger partial charge in [-0.15, -0.1) is 0 Å². The molecule has 0 saturated carbocycles. The molecule has 3 heteroatoms. The number of hydrogen-bond acceptors (Lipinski definition) is 2. The summed E-state index contributed by atoms with van der Waals surface area (Å²) in [7, 11) is 0. The Hall–Kier alpha value is -1.12. The third kappa shape index (κ3) is 3.08. The van der Waals surface area contributed by atoms with Crippen LogP contribution in [0.25, 0.3) is 0 Å². The van der Waals surface area contributed by atoms with E-state index in [4.69, 9.17) is 0 Å². The molecule has 0 aromatic carbocycles. The Morgan fingerprint density at radius 3 is 2.75 bits per heavy atom. The molecule has 0 bridgehead atoms. The summed E-state index contributed by atoms with van der Waals surface area (Å²) in [5.74, 6) is -0.442. The quantitative estimate of drug-likeness (QED) is 0.395. The fourth-order valence-corrected chi connectivity index (χ4v) is 0.243. The van der Waals surface area contributed by atoms with Gasteiger partial charge in [-0.05, 0) is 13.0 Å². The summed E-state index contributed by atoms with van der Waals surface area (Å²) in [6, 6.07) is 0. The average molecular weight is 112 g/mol. The summed E-state index contributed by atoms with van der Waals surface area (Å²) in [6.07, 6.45) is 4.03. The van der Waals surface area contributed by atoms with E-state index in [9.17, 15) is 9.59 Å². The average Bonchev–Trinajstić information content (AvgIpc) is 1.68. The van der Waals surface area contributed by atoms with Gasteiger partial charge in [0.1, 0.15) is 0 Å². The maximum atomic E-state index is 10.2. The van der Waals surface area contributed by atoms with Crippen LogP contribution in [0.3, 0.4) is 0 Å². The Bertz CT molecular complexity index is 118. The summed E-state index contributed by atoms with van der Waals surface area (Å²) in [5.41, 5.74) is 0. The first-order chi connectivity index (χ1) is 3.81. The molecule has 0 aliphatic rings. The highest BCUT2D eigenvalue weighted by molar-refractivity contribution is 5.94. The molecule has 0 aliphatic heterocycles. The van der Waals surface area contributed by atoms with Crippen LogP contribution in [0.15, 0.2) is 12.2 Å². The van der Waals surface area contributed by atoms with Gasteiger partial charge in [-0.1, -0.05) is 6.08 Å². The minimum absolute atomic E-state index is 0.442. The Morgan fingerprint density at radius 2 is 2.38 bits per heavy atom. The van der Waals surface area contributed by atoms with Gasteiger partial charge in [0, 0.05) is 0 Å². The Labute approximate surface area is 47.4 Å². The van der Waals surface area contributed by atoms with E-state index >= 15 is 0 Å². The molecule has 2 amide bonds. The molecule has 0 heterocycles. The summed E-state index contributed by atoms with van der Waals surface area (Å²) in [6.45, 7) is 1.68. The normalized spacial score (nSPS) is 9.12. The summed E-state index contributed by atoms with van der Waals surface area (Å²) >= 11 is 0. The second-order valence-electron chi connectivity index (χ2n) is 1.09. The molecule has 1 radical (unpaired) electrons. The summed E-state index contributed by atoms with van der Waals surface area (Å²) in [5, 5.41) is 1.82. The molecule has 0 rings (SSSR count). The van der Waals surface area contributed by atoms with Crippen LogP contribution >= 0.6 is 0 Å². The SMILES string of the molecule is C/C=C/C(=O)N[C]=O. The van der Waals surface area contributed by atoms with E-state index in [0.717, 1.165) is 0 Å². The lowest BCUT2D eigenvalue weighted by molar-refractivity contribution is -0.115. The van der Waals surface area contributed by atoms with Crippen molar-refractivity contribution in [2.75, 3.05) is 0 Å². The lowest BCUT2D eigenvalue weighted by Crippen LogP contribution is -2.17.